The van der Waals surface area contributed by atoms with E-state index in [1.54, 1.807) is 0 Å². The number of aromatic nitrogens is 2. The van der Waals surface area contributed by atoms with Gasteiger partial charge in [0.2, 0.25) is 0 Å². The van der Waals surface area contributed by atoms with E-state index in [9.17, 15) is 9.59 Å². The molecule has 1 aromatic carbocycles. The van der Waals surface area contributed by atoms with Crippen LogP contribution in [-0.2, 0) is 0 Å². The molecular weight excluding hydrogens is 283 g/mol. The van der Waals surface area contributed by atoms with Crippen molar-refractivity contribution in [2.75, 3.05) is 0 Å². The number of carbonyl (C=O) groups excluding carboxylic acids is 2. The Labute approximate surface area is 104 Å². The zero-order valence-electron chi connectivity index (χ0n) is 9.27. The van der Waals surface area contributed by atoms with E-state index in [4.69, 9.17) is 0 Å². The minimum absolute atomic E-state index is 0.154. The van der Waals surface area contributed by atoms with Crippen LogP contribution in [0, 0.1) is 13.8 Å². The Morgan fingerprint density at radius 1 is 0.882 bits per heavy atom. The zero-order chi connectivity index (χ0) is 12.2. The molecule has 17 heavy (non-hydrogen) atoms. The molecule has 0 spiro atoms. The summed E-state index contributed by atoms with van der Waals surface area (Å²) in [5.74, 6) is -0.308. The second-order valence-electron chi connectivity index (χ2n) is 4.07. The number of hydrogen-bond acceptors (Lipinski definition) is 4. The average Bonchev–Trinajstić information content (AvgIpc) is 2.78. The molecule has 5 heteroatoms. The first-order valence-corrected chi connectivity index (χ1v) is 6.66. The Morgan fingerprint density at radius 2 is 1.29 bits per heavy atom. The van der Waals surface area contributed by atoms with Gasteiger partial charge in [0.1, 0.15) is 0 Å². The van der Waals surface area contributed by atoms with Crippen molar-refractivity contribution in [1.82, 2.24) is 7.96 Å². The third kappa shape index (κ3) is 1.30. The van der Waals surface area contributed by atoms with Gasteiger partial charge >= 0.3 is 104 Å². The van der Waals surface area contributed by atoms with Crippen LogP contribution in [0.5, 0.6) is 0 Å². The van der Waals surface area contributed by atoms with Gasteiger partial charge in [0, 0.05) is 0 Å². The molecule has 1 aromatic heterocycles. The maximum absolute atomic E-state index is 12.3. The molecule has 0 saturated carbocycles. The normalized spacial score (nSPS) is 13.5. The summed E-state index contributed by atoms with van der Waals surface area (Å²) in [6, 6.07) is 3.73. The van der Waals surface area contributed by atoms with E-state index < -0.39 is 0 Å². The number of hydrogen-bond donors (Lipinski definition) is 0. The standard InChI is InChI=1S/C12H8N2O2Se/c1-5-3-4-6(2)8-7(5)11(15)9-10(12(8)16)14-17-13-9/h3-4H,1-2H3. The molecule has 0 amide bonds. The molecule has 0 bridgehead atoms. The van der Waals surface area contributed by atoms with Gasteiger partial charge in [0.15, 0.2) is 0 Å². The minimum atomic E-state index is -0.347. The third-order valence-corrected chi connectivity index (χ3v) is 4.10. The van der Waals surface area contributed by atoms with Crippen molar-refractivity contribution in [3.8, 4) is 0 Å². The van der Waals surface area contributed by atoms with Crippen molar-refractivity contribution in [2.45, 2.75) is 13.8 Å². The fraction of sp³-hybridized carbons (Fsp3) is 0.167. The predicted octanol–water partition coefficient (Wildman–Crippen LogP) is 0.926. The number of aryl methyl sites for hydroxylation is 2. The Kier molecular flexibility index (Phi) is 2.15. The number of carbonyl (C=O) groups is 2. The fourth-order valence-corrected chi connectivity index (χ4v) is 3.26. The number of nitrogens with zero attached hydrogens (tertiary/aromatic N) is 2. The average molecular weight is 291 g/mol. The fourth-order valence-electron chi connectivity index (χ4n) is 2.12. The van der Waals surface area contributed by atoms with E-state index in [0.29, 0.717) is 11.1 Å². The van der Waals surface area contributed by atoms with Crippen molar-refractivity contribution in [1.29, 1.82) is 0 Å². The Balaban J connectivity index is 2.42. The zero-order valence-corrected chi connectivity index (χ0v) is 11.0. The topological polar surface area (TPSA) is 59.9 Å². The van der Waals surface area contributed by atoms with Crippen LogP contribution in [0.15, 0.2) is 12.1 Å². The van der Waals surface area contributed by atoms with Gasteiger partial charge in [-0.3, -0.25) is 0 Å². The maximum atomic E-state index is 12.3. The van der Waals surface area contributed by atoms with Gasteiger partial charge in [-0.15, -0.1) is 0 Å². The molecule has 1 heterocycles. The summed E-state index contributed by atoms with van der Waals surface area (Å²) >= 11 is -0.347. The summed E-state index contributed by atoms with van der Waals surface area (Å²) in [4.78, 5) is 24.5. The van der Waals surface area contributed by atoms with Gasteiger partial charge in [-0.1, -0.05) is 0 Å². The summed E-state index contributed by atoms with van der Waals surface area (Å²) in [7, 11) is 0. The molecule has 0 aliphatic heterocycles. The van der Waals surface area contributed by atoms with Crippen molar-refractivity contribution in [3.05, 3.63) is 45.8 Å². The van der Waals surface area contributed by atoms with E-state index in [0.717, 1.165) is 11.1 Å². The van der Waals surface area contributed by atoms with Crippen LogP contribution in [0.4, 0.5) is 0 Å². The van der Waals surface area contributed by atoms with Crippen molar-refractivity contribution < 1.29 is 9.59 Å². The van der Waals surface area contributed by atoms with Crippen LogP contribution in [0.2, 0.25) is 0 Å². The Morgan fingerprint density at radius 3 is 1.71 bits per heavy atom. The van der Waals surface area contributed by atoms with E-state index in [-0.39, 0.29) is 37.9 Å². The molecule has 84 valence electrons. The predicted molar refractivity (Wildman–Crippen MR) is 61.8 cm³/mol. The summed E-state index contributed by atoms with van der Waals surface area (Å²) in [6.07, 6.45) is 0. The Hall–Kier alpha value is -1.58. The van der Waals surface area contributed by atoms with Gasteiger partial charge in [0.25, 0.3) is 0 Å². The number of benzene rings is 1. The number of rotatable bonds is 0. The molecule has 1 aliphatic carbocycles. The van der Waals surface area contributed by atoms with Crippen LogP contribution < -0.4 is 0 Å². The van der Waals surface area contributed by atoms with E-state index in [1.807, 2.05) is 26.0 Å². The monoisotopic (exact) mass is 292 g/mol. The molecule has 2 aromatic rings. The van der Waals surface area contributed by atoms with Gasteiger partial charge in [-0.25, -0.2) is 0 Å². The van der Waals surface area contributed by atoms with Gasteiger partial charge in [-0.2, -0.15) is 0 Å². The SMILES string of the molecule is Cc1ccc(C)c2c1C(=O)c1n[se]nc1C2=O. The summed E-state index contributed by atoms with van der Waals surface area (Å²) in [6.45, 7) is 3.68. The van der Waals surface area contributed by atoms with Gasteiger partial charge in [0.05, 0.1) is 0 Å². The van der Waals surface area contributed by atoms with E-state index in [1.165, 1.54) is 0 Å². The number of fused-ring (bicyclic) bond motifs is 2. The molecule has 0 N–H and O–H groups in total. The summed E-state index contributed by atoms with van der Waals surface area (Å²) in [5.41, 5.74) is 3.18. The molecule has 4 nitrogen and oxygen atoms in total. The number of ketones is 2. The molecule has 0 unspecified atom stereocenters. The van der Waals surface area contributed by atoms with E-state index >= 15 is 0 Å². The molecular formula is C12H8N2O2Se. The molecule has 0 radical (unpaired) electrons. The van der Waals surface area contributed by atoms with E-state index in [2.05, 4.69) is 7.96 Å². The molecule has 0 fully saturated rings. The molecule has 0 saturated heterocycles. The van der Waals surface area contributed by atoms with Crippen molar-refractivity contribution in [2.24, 2.45) is 0 Å². The van der Waals surface area contributed by atoms with Crippen molar-refractivity contribution >= 4 is 26.5 Å². The second-order valence-corrected chi connectivity index (χ2v) is 5.18. The van der Waals surface area contributed by atoms with Gasteiger partial charge in [-0.05, 0) is 0 Å². The van der Waals surface area contributed by atoms with Crippen molar-refractivity contribution in [3.63, 3.8) is 0 Å². The van der Waals surface area contributed by atoms with Crippen LogP contribution >= 0.6 is 0 Å². The molecule has 1 aliphatic rings. The quantitative estimate of drug-likeness (QED) is 0.578. The van der Waals surface area contributed by atoms with Crippen LogP contribution in [-0.4, -0.2) is 34.5 Å². The summed E-state index contributed by atoms with van der Waals surface area (Å²) < 4.78 is 8.13. The molecule has 3 rings (SSSR count). The van der Waals surface area contributed by atoms with Crippen LogP contribution in [0.1, 0.15) is 43.2 Å². The first-order valence-electron chi connectivity index (χ1n) is 5.13. The van der Waals surface area contributed by atoms with Crippen LogP contribution in [0.25, 0.3) is 0 Å². The third-order valence-electron chi connectivity index (χ3n) is 2.99. The first-order chi connectivity index (χ1) is 8.11. The Bertz CT molecular complexity index is 618. The first kappa shape index (κ1) is 10.6. The van der Waals surface area contributed by atoms with Crippen LogP contribution in [0.3, 0.4) is 0 Å². The molecule has 0 atom stereocenters. The van der Waals surface area contributed by atoms with Gasteiger partial charge < -0.3 is 0 Å². The second kappa shape index (κ2) is 3.45. The summed E-state index contributed by atoms with van der Waals surface area (Å²) in [5, 5.41) is 0.